The van der Waals surface area contributed by atoms with Crippen molar-refractivity contribution in [3.8, 4) is 0 Å². The minimum atomic E-state index is 0.201. The zero-order valence-electron chi connectivity index (χ0n) is 4.50. The van der Waals surface area contributed by atoms with E-state index in [4.69, 9.17) is 0 Å². The third-order valence-electron chi connectivity index (χ3n) is 1.22. The topological polar surface area (TPSA) is 29.4 Å². The average Bonchev–Trinajstić information content (AvgIpc) is 2.19. The molecule has 0 N–H and O–H groups in total. The SMILES string of the molecule is O=C=NC1CC=CC1. The Labute approximate surface area is 47.9 Å². The van der Waals surface area contributed by atoms with Crippen molar-refractivity contribution in [1.29, 1.82) is 0 Å². The lowest BCUT2D eigenvalue weighted by Crippen LogP contribution is -1.93. The van der Waals surface area contributed by atoms with Crippen LogP contribution >= 0.6 is 0 Å². The van der Waals surface area contributed by atoms with Crippen LogP contribution in [-0.2, 0) is 4.79 Å². The second-order valence-electron chi connectivity index (χ2n) is 1.82. The summed E-state index contributed by atoms with van der Waals surface area (Å²) in [6.45, 7) is 0. The van der Waals surface area contributed by atoms with Gasteiger partial charge >= 0.3 is 0 Å². The third-order valence-corrected chi connectivity index (χ3v) is 1.22. The van der Waals surface area contributed by atoms with Gasteiger partial charge in [-0.15, -0.1) is 0 Å². The quantitative estimate of drug-likeness (QED) is 0.281. The zero-order chi connectivity index (χ0) is 5.82. The number of aliphatic imine (C=N–C) groups is 1. The van der Waals surface area contributed by atoms with Crippen LogP contribution in [-0.4, -0.2) is 12.1 Å². The summed E-state index contributed by atoms with van der Waals surface area (Å²) in [5.41, 5.74) is 0. The fourth-order valence-electron chi connectivity index (χ4n) is 0.783. The molecule has 2 heteroatoms. The number of isocyanates is 1. The Kier molecular flexibility index (Phi) is 1.60. The molecular formula is C6H7NO. The Hall–Kier alpha value is -0.880. The molecule has 2 nitrogen and oxygen atoms in total. The standard InChI is InChI=1S/C6H7NO/c8-5-7-6-3-1-2-4-6/h1-2,6H,3-4H2. The number of carbonyl (C=O) groups excluding carboxylic acids is 1. The van der Waals surface area contributed by atoms with Crippen LogP contribution in [0.25, 0.3) is 0 Å². The minimum absolute atomic E-state index is 0.201. The van der Waals surface area contributed by atoms with Crippen molar-refractivity contribution in [2.45, 2.75) is 18.9 Å². The maximum atomic E-state index is 9.64. The van der Waals surface area contributed by atoms with Crippen molar-refractivity contribution < 1.29 is 4.79 Å². The van der Waals surface area contributed by atoms with Crippen LogP contribution in [0.3, 0.4) is 0 Å². The number of rotatable bonds is 1. The first-order chi connectivity index (χ1) is 3.93. The molecule has 0 amide bonds. The first-order valence-corrected chi connectivity index (χ1v) is 2.65. The summed E-state index contributed by atoms with van der Waals surface area (Å²) < 4.78 is 0. The van der Waals surface area contributed by atoms with E-state index in [1.54, 1.807) is 6.08 Å². The molecule has 0 radical (unpaired) electrons. The van der Waals surface area contributed by atoms with Gasteiger partial charge in [0.1, 0.15) is 0 Å². The molecule has 1 aliphatic carbocycles. The Morgan fingerprint density at radius 3 is 2.62 bits per heavy atom. The largest absolute Gasteiger partial charge is 0.235 e. The minimum Gasteiger partial charge on any atom is -0.211 e. The maximum absolute atomic E-state index is 9.64. The highest BCUT2D eigenvalue weighted by molar-refractivity contribution is 5.34. The average molecular weight is 109 g/mol. The van der Waals surface area contributed by atoms with Crippen molar-refractivity contribution in [3.63, 3.8) is 0 Å². The lowest BCUT2D eigenvalue weighted by Gasteiger charge is -1.93. The van der Waals surface area contributed by atoms with E-state index < -0.39 is 0 Å². The third kappa shape index (κ3) is 1.04. The molecule has 42 valence electrons. The Morgan fingerprint density at radius 1 is 1.50 bits per heavy atom. The first-order valence-electron chi connectivity index (χ1n) is 2.65. The molecule has 0 aliphatic heterocycles. The second-order valence-corrected chi connectivity index (χ2v) is 1.82. The Bertz CT molecular complexity index is 137. The van der Waals surface area contributed by atoms with E-state index in [9.17, 15) is 4.79 Å². The Morgan fingerprint density at radius 2 is 2.12 bits per heavy atom. The molecule has 0 fully saturated rings. The molecule has 1 rings (SSSR count). The molecular weight excluding hydrogens is 102 g/mol. The van der Waals surface area contributed by atoms with Gasteiger partial charge in [-0.05, 0) is 12.8 Å². The van der Waals surface area contributed by atoms with Crippen molar-refractivity contribution >= 4 is 6.08 Å². The van der Waals surface area contributed by atoms with Crippen LogP contribution in [0.4, 0.5) is 0 Å². The lowest BCUT2D eigenvalue weighted by molar-refractivity contribution is 0.557. The van der Waals surface area contributed by atoms with Gasteiger partial charge in [0, 0.05) is 0 Å². The normalized spacial score (nSPS) is 18.5. The predicted molar refractivity (Wildman–Crippen MR) is 30.3 cm³/mol. The molecule has 0 heterocycles. The van der Waals surface area contributed by atoms with Gasteiger partial charge in [-0.25, -0.2) is 9.79 Å². The fraction of sp³-hybridized carbons (Fsp3) is 0.500. The van der Waals surface area contributed by atoms with Gasteiger partial charge in [0.2, 0.25) is 6.08 Å². The molecule has 8 heavy (non-hydrogen) atoms. The highest BCUT2D eigenvalue weighted by atomic mass is 16.1. The van der Waals surface area contributed by atoms with E-state index in [-0.39, 0.29) is 6.04 Å². The van der Waals surface area contributed by atoms with Crippen LogP contribution < -0.4 is 0 Å². The van der Waals surface area contributed by atoms with Crippen LogP contribution in [0.5, 0.6) is 0 Å². The number of hydrogen-bond acceptors (Lipinski definition) is 2. The summed E-state index contributed by atoms with van der Waals surface area (Å²) in [5.74, 6) is 0. The molecule has 0 aromatic carbocycles. The van der Waals surface area contributed by atoms with Crippen LogP contribution in [0.15, 0.2) is 17.1 Å². The monoisotopic (exact) mass is 109 g/mol. The molecule has 0 atom stereocenters. The highest BCUT2D eigenvalue weighted by Crippen LogP contribution is 2.11. The molecule has 1 aliphatic rings. The second kappa shape index (κ2) is 2.43. The summed E-state index contributed by atoms with van der Waals surface area (Å²) in [4.78, 5) is 13.2. The molecule has 0 aromatic rings. The molecule has 0 aromatic heterocycles. The van der Waals surface area contributed by atoms with E-state index in [1.807, 2.05) is 12.2 Å². The lowest BCUT2D eigenvalue weighted by atomic mass is 10.2. The summed E-state index contributed by atoms with van der Waals surface area (Å²) in [7, 11) is 0. The first kappa shape index (κ1) is 5.26. The zero-order valence-corrected chi connectivity index (χ0v) is 4.50. The van der Waals surface area contributed by atoms with Gasteiger partial charge in [-0.2, -0.15) is 0 Å². The summed E-state index contributed by atoms with van der Waals surface area (Å²) >= 11 is 0. The maximum Gasteiger partial charge on any atom is 0.235 e. The van der Waals surface area contributed by atoms with Gasteiger partial charge in [-0.1, -0.05) is 12.2 Å². The smallest absolute Gasteiger partial charge is 0.211 e. The van der Waals surface area contributed by atoms with Crippen molar-refractivity contribution in [3.05, 3.63) is 12.2 Å². The van der Waals surface area contributed by atoms with Crippen molar-refractivity contribution in [2.75, 3.05) is 0 Å². The van der Waals surface area contributed by atoms with Gasteiger partial charge in [0.25, 0.3) is 0 Å². The van der Waals surface area contributed by atoms with Crippen molar-refractivity contribution in [1.82, 2.24) is 0 Å². The number of nitrogens with zero attached hydrogens (tertiary/aromatic N) is 1. The van der Waals surface area contributed by atoms with E-state index in [0.717, 1.165) is 12.8 Å². The molecule has 0 spiro atoms. The summed E-state index contributed by atoms with van der Waals surface area (Å²) in [5, 5.41) is 0. The van der Waals surface area contributed by atoms with Crippen molar-refractivity contribution in [2.24, 2.45) is 4.99 Å². The molecule has 0 bridgehead atoms. The van der Waals surface area contributed by atoms with Gasteiger partial charge in [0.15, 0.2) is 0 Å². The Balaban J connectivity index is 2.40. The highest BCUT2D eigenvalue weighted by Gasteiger charge is 2.05. The van der Waals surface area contributed by atoms with E-state index in [2.05, 4.69) is 4.99 Å². The summed E-state index contributed by atoms with van der Waals surface area (Å²) in [6.07, 6.45) is 7.44. The van der Waals surface area contributed by atoms with Gasteiger partial charge < -0.3 is 0 Å². The van der Waals surface area contributed by atoms with E-state index in [1.165, 1.54) is 0 Å². The molecule has 0 saturated carbocycles. The summed E-state index contributed by atoms with van der Waals surface area (Å²) in [6, 6.07) is 0.201. The van der Waals surface area contributed by atoms with E-state index >= 15 is 0 Å². The molecule has 0 saturated heterocycles. The number of hydrogen-bond donors (Lipinski definition) is 0. The molecule has 0 unspecified atom stereocenters. The predicted octanol–water partition coefficient (Wildman–Crippen LogP) is 1.04. The van der Waals surface area contributed by atoms with Crippen LogP contribution in [0.2, 0.25) is 0 Å². The van der Waals surface area contributed by atoms with E-state index in [0.29, 0.717) is 0 Å². The fourth-order valence-corrected chi connectivity index (χ4v) is 0.783. The van der Waals surface area contributed by atoms with Crippen LogP contribution in [0.1, 0.15) is 12.8 Å². The van der Waals surface area contributed by atoms with Gasteiger partial charge in [-0.3, -0.25) is 0 Å². The van der Waals surface area contributed by atoms with Crippen LogP contribution in [0, 0.1) is 0 Å². The van der Waals surface area contributed by atoms with Gasteiger partial charge in [0.05, 0.1) is 6.04 Å².